The van der Waals surface area contributed by atoms with Crippen LogP contribution in [0.1, 0.15) is 24.9 Å². The van der Waals surface area contributed by atoms with Crippen LogP contribution in [0, 0.1) is 5.82 Å². The molecule has 0 radical (unpaired) electrons. The summed E-state index contributed by atoms with van der Waals surface area (Å²) in [5, 5.41) is 2.70. The molecule has 26 heavy (non-hydrogen) atoms. The van der Waals surface area contributed by atoms with Crippen molar-refractivity contribution in [2.75, 3.05) is 33.8 Å². The van der Waals surface area contributed by atoms with Crippen LogP contribution in [0.5, 0.6) is 0 Å². The molecule has 1 aliphatic heterocycles. The number of hydrogen-bond donors (Lipinski definition) is 1. The Hall–Kier alpha value is -2.48. The van der Waals surface area contributed by atoms with Crippen molar-refractivity contribution in [1.82, 2.24) is 15.1 Å². The fourth-order valence-corrected chi connectivity index (χ4v) is 2.88. The van der Waals surface area contributed by atoms with Gasteiger partial charge in [-0.3, -0.25) is 19.3 Å². The summed E-state index contributed by atoms with van der Waals surface area (Å²) in [6.07, 6.45) is -0.104. The third-order valence-corrected chi connectivity index (χ3v) is 4.69. The van der Waals surface area contributed by atoms with E-state index in [1.807, 2.05) is 6.92 Å². The van der Waals surface area contributed by atoms with Crippen molar-refractivity contribution in [2.24, 2.45) is 0 Å². The second-order valence-electron chi connectivity index (χ2n) is 6.29. The molecule has 1 N–H and O–H groups in total. The summed E-state index contributed by atoms with van der Waals surface area (Å²) < 4.78 is 17.7. The van der Waals surface area contributed by atoms with Crippen LogP contribution in [0.2, 0.25) is 0 Å². The van der Waals surface area contributed by atoms with Crippen LogP contribution in [-0.4, -0.2) is 67.4 Å². The van der Waals surface area contributed by atoms with Gasteiger partial charge in [0.25, 0.3) is 0 Å². The van der Waals surface area contributed by atoms with Crippen molar-refractivity contribution < 1.29 is 23.5 Å². The van der Waals surface area contributed by atoms with Gasteiger partial charge in [-0.1, -0.05) is 12.1 Å². The molecule has 0 spiro atoms. The topological polar surface area (TPSA) is 79.0 Å². The lowest BCUT2D eigenvalue weighted by Crippen LogP contribution is -2.58. The Labute approximate surface area is 152 Å². The lowest BCUT2D eigenvalue weighted by Gasteiger charge is -2.35. The molecule has 8 heteroatoms. The quantitative estimate of drug-likeness (QED) is 0.751. The first-order chi connectivity index (χ1) is 12.3. The van der Waals surface area contributed by atoms with Gasteiger partial charge in [0.2, 0.25) is 11.8 Å². The maximum atomic E-state index is 13.1. The van der Waals surface area contributed by atoms with Gasteiger partial charge in [0.15, 0.2) is 0 Å². The zero-order valence-corrected chi connectivity index (χ0v) is 15.2. The van der Waals surface area contributed by atoms with Crippen molar-refractivity contribution >= 4 is 17.8 Å². The highest BCUT2D eigenvalue weighted by atomic mass is 19.1. The molecule has 2 atom stereocenters. The molecule has 1 aromatic rings. The van der Waals surface area contributed by atoms with Gasteiger partial charge in [0.1, 0.15) is 11.9 Å². The molecule has 0 aromatic heterocycles. The third kappa shape index (κ3) is 4.78. The van der Waals surface area contributed by atoms with Gasteiger partial charge >= 0.3 is 5.97 Å². The highest BCUT2D eigenvalue weighted by molar-refractivity contribution is 5.88. The Balaban J connectivity index is 2.04. The molecule has 7 nitrogen and oxygen atoms in total. The summed E-state index contributed by atoms with van der Waals surface area (Å²) in [7, 11) is 2.92. The SMILES string of the molecule is COC(=O)C[C@H]1C(=O)NCCN1CC(=O)N(C)[C@@H](C)c1ccc(F)cc1. The fourth-order valence-electron chi connectivity index (χ4n) is 2.88. The molecule has 0 bridgehead atoms. The number of hydrogen-bond acceptors (Lipinski definition) is 5. The van der Waals surface area contributed by atoms with Crippen LogP contribution in [0.25, 0.3) is 0 Å². The second kappa shape index (κ2) is 8.75. The standard InChI is InChI=1S/C18H24FN3O4/c1-12(13-4-6-14(19)7-5-13)21(2)16(23)11-22-9-8-20-18(25)15(22)10-17(24)26-3/h4-7,12,15H,8-11H2,1-3H3,(H,20,25)/t12-,15-/m0/s1. The number of carbonyl (C=O) groups excluding carboxylic acids is 3. The first-order valence-corrected chi connectivity index (χ1v) is 8.43. The molecule has 142 valence electrons. The number of nitrogens with one attached hydrogen (secondary N) is 1. The van der Waals surface area contributed by atoms with E-state index < -0.39 is 12.0 Å². The molecule has 1 saturated heterocycles. The predicted octanol–water partition coefficient (Wildman–Crippen LogP) is 0.709. The summed E-state index contributed by atoms with van der Waals surface area (Å²) in [4.78, 5) is 39.5. The molecule has 0 unspecified atom stereocenters. The number of ether oxygens (including phenoxy) is 1. The van der Waals surface area contributed by atoms with E-state index in [9.17, 15) is 18.8 Å². The zero-order chi connectivity index (χ0) is 19.3. The monoisotopic (exact) mass is 365 g/mol. The molecule has 1 heterocycles. The van der Waals surface area contributed by atoms with E-state index >= 15 is 0 Å². The Kier molecular flexibility index (Phi) is 6.68. The van der Waals surface area contributed by atoms with Crippen LogP contribution >= 0.6 is 0 Å². The highest BCUT2D eigenvalue weighted by Crippen LogP contribution is 2.20. The Morgan fingerprint density at radius 2 is 2.04 bits per heavy atom. The van der Waals surface area contributed by atoms with Gasteiger partial charge < -0.3 is 15.0 Å². The number of methoxy groups -OCH3 is 1. The molecule has 0 saturated carbocycles. The second-order valence-corrected chi connectivity index (χ2v) is 6.29. The van der Waals surface area contributed by atoms with E-state index in [0.717, 1.165) is 5.56 Å². The highest BCUT2D eigenvalue weighted by Gasteiger charge is 2.34. The number of piperazine rings is 1. The van der Waals surface area contributed by atoms with Crippen molar-refractivity contribution in [2.45, 2.75) is 25.4 Å². The number of carbonyl (C=O) groups is 3. The van der Waals surface area contributed by atoms with Gasteiger partial charge in [-0.25, -0.2) is 4.39 Å². The number of esters is 1. The molecule has 1 fully saturated rings. The average molecular weight is 365 g/mol. The Morgan fingerprint density at radius 3 is 2.65 bits per heavy atom. The first kappa shape index (κ1) is 19.8. The van der Waals surface area contributed by atoms with Gasteiger partial charge in [-0.05, 0) is 24.6 Å². The minimum atomic E-state index is -0.727. The van der Waals surface area contributed by atoms with Crippen LogP contribution in [0.4, 0.5) is 4.39 Å². The molecule has 0 aliphatic carbocycles. The van der Waals surface area contributed by atoms with Gasteiger partial charge in [-0.15, -0.1) is 0 Å². The molecule has 1 aliphatic rings. The lowest BCUT2D eigenvalue weighted by molar-refractivity contribution is -0.147. The number of likely N-dealkylation sites (N-methyl/N-ethyl adjacent to an activating group) is 1. The average Bonchev–Trinajstić information content (AvgIpc) is 2.63. The summed E-state index contributed by atoms with van der Waals surface area (Å²) >= 11 is 0. The van der Waals surface area contributed by atoms with E-state index in [1.54, 1.807) is 29.0 Å². The number of nitrogens with zero attached hydrogens (tertiary/aromatic N) is 2. The van der Waals surface area contributed by atoms with Gasteiger partial charge in [-0.2, -0.15) is 0 Å². The first-order valence-electron chi connectivity index (χ1n) is 8.43. The van der Waals surface area contributed by atoms with E-state index in [2.05, 4.69) is 10.1 Å². The maximum absolute atomic E-state index is 13.1. The fraction of sp³-hybridized carbons (Fsp3) is 0.500. The maximum Gasteiger partial charge on any atom is 0.307 e. The van der Waals surface area contributed by atoms with Crippen molar-refractivity contribution in [3.8, 4) is 0 Å². The number of halogens is 1. The summed E-state index contributed by atoms with van der Waals surface area (Å²) in [6, 6.07) is 5.00. The minimum absolute atomic E-state index is 0.0110. The van der Waals surface area contributed by atoms with E-state index in [-0.39, 0.29) is 36.6 Å². The smallest absolute Gasteiger partial charge is 0.307 e. The summed E-state index contributed by atoms with van der Waals surface area (Å²) in [5.41, 5.74) is 0.810. The van der Waals surface area contributed by atoms with Crippen LogP contribution in [0.15, 0.2) is 24.3 Å². The van der Waals surface area contributed by atoms with E-state index in [1.165, 1.54) is 19.2 Å². The largest absolute Gasteiger partial charge is 0.469 e. The Bertz CT molecular complexity index is 665. The van der Waals surface area contributed by atoms with Crippen molar-refractivity contribution in [3.05, 3.63) is 35.6 Å². The van der Waals surface area contributed by atoms with Gasteiger partial charge in [0, 0.05) is 20.1 Å². The molecule has 1 aromatic carbocycles. The van der Waals surface area contributed by atoms with Crippen LogP contribution in [-0.2, 0) is 19.1 Å². The van der Waals surface area contributed by atoms with E-state index in [0.29, 0.717) is 13.1 Å². The molecule has 2 rings (SSSR count). The van der Waals surface area contributed by atoms with Crippen molar-refractivity contribution in [3.63, 3.8) is 0 Å². The minimum Gasteiger partial charge on any atom is -0.469 e. The molecular weight excluding hydrogens is 341 g/mol. The number of amides is 2. The zero-order valence-electron chi connectivity index (χ0n) is 15.2. The normalized spacial score (nSPS) is 18.8. The summed E-state index contributed by atoms with van der Waals surface area (Å²) in [5.74, 6) is -1.31. The number of benzene rings is 1. The lowest BCUT2D eigenvalue weighted by atomic mass is 10.1. The Morgan fingerprint density at radius 1 is 1.38 bits per heavy atom. The predicted molar refractivity (Wildman–Crippen MR) is 92.6 cm³/mol. The van der Waals surface area contributed by atoms with E-state index in [4.69, 9.17) is 0 Å². The van der Waals surface area contributed by atoms with Gasteiger partial charge in [0.05, 0.1) is 26.1 Å². The molecular formula is C18H24FN3O4. The summed E-state index contributed by atoms with van der Waals surface area (Å²) in [6.45, 7) is 2.75. The van der Waals surface area contributed by atoms with Crippen molar-refractivity contribution in [1.29, 1.82) is 0 Å². The van der Waals surface area contributed by atoms with Crippen LogP contribution < -0.4 is 5.32 Å². The molecule has 2 amide bonds. The third-order valence-electron chi connectivity index (χ3n) is 4.69. The van der Waals surface area contributed by atoms with Crippen LogP contribution in [0.3, 0.4) is 0 Å². The number of rotatable bonds is 6.